The summed E-state index contributed by atoms with van der Waals surface area (Å²) in [5, 5.41) is -0.622. The van der Waals surface area contributed by atoms with Gasteiger partial charge in [0.05, 0.1) is 4.88 Å². The maximum Gasteiger partial charge on any atom is 0.169 e. The summed E-state index contributed by atoms with van der Waals surface area (Å²) in [5.74, 6) is 0.000940. The number of rotatable bonds is 3. The number of hydrogen-bond donors (Lipinski definition) is 0. The quantitative estimate of drug-likeness (QED) is 0.429. The van der Waals surface area contributed by atoms with Gasteiger partial charge in [0, 0.05) is 4.88 Å². The van der Waals surface area contributed by atoms with E-state index in [0.717, 1.165) is 4.88 Å². The molecule has 0 N–H and O–H groups in total. The molecule has 12 heavy (non-hydrogen) atoms. The Bertz CT molecular complexity index is 306. The topological polar surface area (TPSA) is 34.1 Å². The normalized spacial score (nSPS) is 12.5. The molecular weight excluding hydrogens is 196 g/mol. The lowest BCUT2D eigenvalue weighted by Crippen LogP contribution is -1.86. The van der Waals surface area contributed by atoms with E-state index in [4.69, 9.17) is 11.6 Å². The summed E-state index contributed by atoms with van der Waals surface area (Å²) >= 11 is 6.90. The Hall–Kier alpha value is -0.670. The number of carbonyl (C=O) groups is 2. The smallest absolute Gasteiger partial charge is 0.169 e. The first-order valence-electron chi connectivity index (χ1n) is 3.35. The number of alkyl halides is 1. The SMILES string of the molecule is CC(=O)c1ccc(C(Cl)C=O)s1. The summed E-state index contributed by atoms with van der Waals surface area (Å²) in [5.41, 5.74) is 0. The van der Waals surface area contributed by atoms with Crippen LogP contribution in [-0.4, -0.2) is 12.1 Å². The predicted octanol–water partition coefficient (Wildman–Crippen LogP) is 2.43. The van der Waals surface area contributed by atoms with Gasteiger partial charge in [-0.3, -0.25) is 4.79 Å². The van der Waals surface area contributed by atoms with E-state index in [9.17, 15) is 9.59 Å². The zero-order chi connectivity index (χ0) is 9.14. The molecule has 1 aromatic rings. The summed E-state index contributed by atoms with van der Waals surface area (Å²) in [6.07, 6.45) is 0.650. The highest BCUT2D eigenvalue weighted by Gasteiger charge is 2.10. The third-order valence-electron chi connectivity index (χ3n) is 1.37. The minimum atomic E-state index is -0.622. The van der Waals surface area contributed by atoms with Crippen LogP contribution < -0.4 is 0 Å². The van der Waals surface area contributed by atoms with Gasteiger partial charge in [0.15, 0.2) is 5.78 Å². The zero-order valence-electron chi connectivity index (χ0n) is 6.41. The van der Waals surface area contributed by atoms with Crippen molar-refractivity contribution in [3.05, 3.63) is 21.9 Å². The van der Waals surface area contributed by atoms with E-state index in [-0.39, 0.29) is 5.78 Å². The largest absolute Gasteiger partial charge is 0.301 e. The van der Waals surface area contributed by atoms with Crippen LogP contribution in [0.15, 0.2) is 12.1 Å². The number of halogens is 1. The van der Waals surface area contributed by atoms with Crippen molar-refractivity contribution >= 4 is 35.0 Å². The van der Waals surface area contributed by atoms with Crippen LogP contribution in [0.25, 0.3) is 0 Å². The average Bonchev–Trinajstić information content (AvgIpc) is 2.51. The highest BCUT2D eigenvalue weighted by Crippen LogP contribution is 2.26. The molecule has 0 radical (unpaired) electrons. The molecule has 0 amide bonds. The second-order valence-electron chi connectivity index (χ2n) is 2.30. The van der Waals surface area contributed by atoms with Crippen molar-refractivity contribution < 1.29 is 9.59 Å². The standard InChI is InChI=1S/C8H7ClO2S/c1-5(11)7-2-3-8(12-7)6(9)4-10/h2-4,6H,1H3. The van der Waals surface area contributed by atoms with Crippen molar-refractivity contribution in [2.75, 3.05) is 0 Å². The number of hydrogen-bond acceptors (Lipinski definition) is 3. The molecule has 2 nitrogen and oxygen atoms in total. The fourth-order valence-electron chi connectivity index (χ4n) is 0.757. The number of Topliss-reactive ketones (excluding diaryl/α,β-unsaturated/α-hetero) is 1. The molecule has 0 saturated carbocycles. The van der Waals surface area contributed by atoms with Crippen molar-refractivity contribution in [3.8, 4) is 0 Å². The van der Waals surface area contributed by atoms with Gasteiger partial charge < -0.3 is 4.79 Å². The van der Waals surface area contributed by atoms with Crippen molar-refractivity contribution in [2.24, 2.45) is 0 Å². The fraction of sp³-hybridized carbons (Fsp3) is 0.250. The third-order valence-corrected chi connectivity index (χ3v) is 3.10. The molecule has 64 valence electrons. The van der Waals surface area contributed by atoms with Crippen LogP contribution in [-0.2, 0) is 4.79 Å². The van der Waals surface area contributed by atoms with Gasteiger partial charge in [0.2, 0.25) is 0 Å². The Labute approximate surface area is 79.2 Å². The Morgan fingerprint density at radius 3 is 2.75 bits per heavy atom. The van der Waals surface area contributed by atoms with E-state index in [1.165, 1.54) is 18.3 Å². The zero-order valence-corrected chi connectivity index (χ0v) is 7.98. The van der Waals surface area contributed by atoms with Crippen molar-refractivity contribution in [2.45, 2.75) is 12.3 Å². The van der Waals surface area contributed by atoms with E-state index in [1.54, 1.807) is 12.1 Å². The Morgan fingerprint density at radius 1 is 1.67 bits per heavy atom. The third kappa shape index (κ3) is 1.93. The molecule has 1 aromatic heterocycles. The van der Waals surface area contributed by atoms with Gasteiger partial charge in [0.25, 0.3) is 0 Å². The van der Waals surface area contributed by atoms with Crippen LogP contribution in [0.5, 0.6) is 0 Å². The first-order chi connectivity index (χ1) is 5.65. The van der Waals surface area contributed by atoms with Crippen LogP contribution in [0.3, 0.4) is 0 Å². The minimum Gasteiger partial charge on any atom is -0.301 e. The van der Waals surface area contributed by atoms with Crippen LogP contribution in [0.2, 0.25) is 0 Å². The van der Waals surface area contributed by atoms with Crippen molar-refractivity contribution in [3.63, 3.8) is 0 Å². The molecule has 1 unspecified atom stereocenters. The van der Waals surface area contributed by atoms with Gasteiger partial charge in [-0.05, 0) is 19.1 Å². The van der Waals surface area contributed by atoms with E-state index in [1.807, 2.05) is 0 Å². The highest BCUT2D eigenvalue weighted by molar-refractivity contribution is 7.14. The number of ketones is 1. The van der Waals surface area contributed by atoms with Gasteiger partial charge in [-0.2, -0.15) is 0 Å². The first kappa shape index (κ1) is 9.42. The van der Waals surface area contributed by atoms with Gasteiger partial charge in [-0.1, -0.05) is 0 Å². The molecule has 4 heteroatoms. The molecule has 0 aliphatic rings. The summed E-state index contributed by atoms with van der Waals surface area (Å²) in [4.78, 5) is 22.5. The van der Waals surface area contributed by atoms with Crippen LogP contribution >= 0.6 is 22.9 Å². The number of carbonyl (C=O) groups excluding carboxylic acids is 2. The molecule has 1 atom stereocenters. The van der Waals surface area contributed by atoms with E-state index in [0.29, 0.717) is 11.2 Å². The van der Waals surface area contributed by atoms with E-state index in [2.05, 4.69) is 0 Å². The van der Waals surface area contributed by atoms with Gasteiger partial charge in [-0.25, -0.2) is 0 Å². The highest BCUT2D eigenvalue weighted by atomic mass is 35.5. The van der Waals surface area contributed by atoms with Gasteiger partial charge >= 0.3 is 0 Å². The Kier molecular flexibility index (Phi) is 3.00. The maximum atomic E-state index is 10.8. The van der Waals surface area contributed by atoms with E-state index >= 15 is 0 Å². The lowest BCUT2D eigenvalue weighted by atomic mass is 10.3. The lowest BCUT2D eigenvalue weighted by Gasteiger charge is -1.93. The fourth-order valence-corrected chi connectivity index (χ4v) is 1.80. The second kappa shape index (κ2) is 3.83. The Morgan fingerprint density at radius 2 is 2.33 bits per heavy atom. The molecule has 0 saturated heterocycles. The predicted molar refractivity (Wildman–Crippen MR) is 49.0 cm³/mol. The summed E-state index contributed by atoms with van der Waals surface area (Å²) < 4.78 is 0. The number of thiophene rings is 1. The molecule has 0 aliphatic carbocycles. The van der Waals surface area contributed by atoms with Crippen LogP contribution in [0, 0.1) is 0 Å². The van der Waals surface area contributed by atoms with Crippen molar-refractivity contribution in [1.82, 2.24) is 0 Å². The van der Waals surface area contributed by atoms with Gasteiger partial charge in [0.1, 0.15) is 11.7 Å². The van der Waals surface area contributed by atoms with E-state index < -0.39 is 5.38 Å². The second-order valence-corrected chi connectivity index (χ2v) is 3.88. The van der Waals surface area contributed by atoms with Gasteiger partial charge in [-0.15, -0.1) is 22.9 Å². The molecule has 0 bridgehead atoms. The number of aldehydes is 1. The average molecular weight is 203 g/mol. The molecule has 0 aliphatic heterocycles. The lowest BCUT2D eigenvalue weighted by molar-refractivity contribution is -0.107. The Balaban J connectivity index is 2.91. The monoisotopic (exact) mass is 202 g/mol. The first-order valence-corrected chi connectivity index (χ1v) is 4.60. The molecule has 0 spiro atoms. The van der Waals surface area contributed by atoms with Crippen LogP contribution in [0.4, 0.5) is 0 Å². The minimum absolute atomic E-state index is 0.000940. The summed E-state index contributed by atoms with van der Waals surface area (Å²) in [6, 6.07) is 3.38. The maximum absolute atomic E-state index is 10.8. The molecular formula is C8H7ClO2S. The molecule has 0 fully saturated rings. The molecule has 0 aromatic carbocycles. The van der Waals surface area contributed by atoms with Crippen molar-refractivity contribution in [1.29, 1.82) is 0 Å². The summed E-state index contributed by atoms with van der Waals surface area (Å²) in [7, 11) is 0. The molecule has 1 rings (SSSR count). The van der Waals surface area contributed by atoms with Crippen LogP contribution in [0.1, 0.15) is 26.8 Å². The summed E-state index contributed by atoms with van der Waals surface area (Å²) in [6.45, 7) is 1.49. The molecule has 1 heterocycles.